The molecule has 0 unspecified atom stereocenters. The van der Waals surface area contributed by atoms with Gasteiger partial charge in [0.15, 0.2) is 0 Å². The molecule has 0 N–H and O–H groups in total. The van der Waals surface area contributed by atoms with E-state index in [1.54, 1.807) is 0 Å². The number of aliphatic imine (C=N–C) groups is 1. The summed E-state index contributed by atoms with van der Waals surface area (Å²) in [4.78, 5) is 17.5. The van der Waals surface area contributed by atoms with Crippen LogP contribution in [-0.4, -0.2) is 18.3 Å². The van der Waals surface area contributed by atoms with Crippen molar-refractivity contribution in [3.05, 3.63) is 71.8 Å². The smallest absolute Gasteiger partial charge is 0.312 e. The summed E-state index contributed by atoms with van der Waals surface area (Å²) in [6.07, 6.45) is 4.12. The molecule has 3 rings (SSSR count). The summed E-state index contributed by atoms with van der Waals surface area (Å²) in [6, 6.07) is 20.6. The molecule has 0 atom stereocenters. The first kappa shape index (κ1) is 18.4. The maximum Gasteiger partial charge on any atom is 0.312 e. The largest absolute Gasteiger partial charge is 0.466 e. The predicted molar refractivity (Wildman–Crippen MR) is 105 cm³/mol. The van der Waals surface area contributed by atoms with E-state index in [9.17, 15) is 4.79 Å². The minimum Gasteiger partial charge on any atom is -0.466 e. The van der Waals surface area contributed by atoms with Crippen molar-refractivity contribution in [1.82, 2.24) is 0 Å². The molecule has 0 saturated heterocycles. The van der Waals surface area contributed by atoms with Crippen molar-refractivity contribution in [1.29, 1.82) is 0 Å². The number of hydrogen-bond acceptors (Lipinski definition) is 3. The first-order valence-corrected chi connectivity index (χ1v) is 9.49. The third-order valence-electron chi connectivity index (χ3n) is 5.21. The van der Waals surface area contributed by atoms with E-state index in [-0.39, 0.29) is 5.97 Å². The van der Waals surface area contributed by atoms with Gasteiger partial charge in [-0.15, -0.1) is 0 Å². The Labute approximate surface area is 156 Å². The van der Waals surface area contributed by atoms with Crippen molar-refractivity contribution in [2.24, 2.45) is 10.4 Å². The first-order chi connectivity index (χ1) is 12.7. The van der Waals surface area contributed by atoms with E-state index >= 15 is 0 Å². The molecule has 3 nitrogen and oxygen atoms in total. The number of rotatable bonds is 6. The zero-order valence-electron chi connectivity index (χ0n) is 15.5. The molecule has 0 heterocycles. The second-order valence-corrected chi connectivity index (χ2v) is 7.03. The number of ether oxygens (including phenoxy) is 1. The molecule has 1 saturated carbocycles. The molecule has 0 amide bonds. The summed E-state index contributed by atoms with van der Waals surface area (Å²) < 4.78 is 5.44. The number of benzene rings is 2. The van der Waals surface area contributed by atoms with Gasteiger partial charge >= 0.3 is 5.97 Å². The van der Waals surface area contributed by atoms with Crippen molar-refractivity contribution in [2.75, 3.05) is 6.61 Å². The monoisotopic (exact) mass is 349 g/mol. The maximum absolute atomic E-state index is 12.7. The van der Waals surface area contributed by atoms with Crippen molar-refractivity contribution in [3.63, 3.8) is 0 Å². The Morgan fingerprint density at radius 2 is 1.54 bits per heavy atom. The van der Waals surface area contributed by atoms with Crippen LogP contribution in [0.5, 0.6) is 0 Å². The summed E-state index contributed by atoms with van der Waals surface area (Å²) in [5, 5.41) is 0. The average molecular weight is 349 g/mol. The highest BCUT2D eigenvalue weighted by molar-refractivity contribution is 5.88. The second-order valence-electron chi connectivity index (χ2n) is 7.03. The first-order valence-electron chi connectivity index (χ1n) is 9.49. The summed E-state index contributed by atoms with van der Waals surface area (Å²) in [5.74, 6) is -0.0500. The van der Waals surface area contributed by atoms with E-state index in [1.807, 2.05) is 43.3 Å². The SMILES string of the molecule is CCOC(=O)C1(Cc2ccccc2)CCC(=NCc2ccccc2)CC1. The van der Waals surface area contributed by atoms with Crippen LogP contribution in [0.4, 0.5) is 0 Å². The van der Waals surface area contributed by atoms with Gasteiger partial charge < -0.3 is 4.74 Å². The lowest BCUT2D eigenvalue weighted by atomic mass is 9.69. The Balaban J connectivity index is 1.69. The highest BCUT2D eigenvalue weighted by Crippen LogP contribution is 2.40. The van der Waals surface area contributed by atoms with Crippen LogP contribution in [0.3, 0.4) is 0 Å². The molecule has 1 aliphatic carbocycles. The molecule has 1 aliphatic rings. The fourth-order valence-electron chi connectivity index (χ4n) is 3.69. The van der Waals surface area contributed by atoms with Gasteiger partial charge in [0, 0.05) is 5.71 Å². The van der Waals surface area contributed by atoms with Gasteiger partial charge in [0.05, 0.1) is 18.6 Å². The average Bonchev–Trinajstić information content (AvgIpc) is 2.69. The summed E-state index contributed by atoms with van der Waals surface area (Å²) in [7, 11) is 0. The standard InChI is InChI=1S/C23H27NO2/c1-2-26-22(25)23(17-19-9-5-3-6-10-19)15-13-21(14-16-23)24-18-20-11-7-4-8-12-20/h3-12H,2,13-18H2,1H3. The van der Waals surface area contributed by atoms with Gasteiger partial charge in [-0.05, 0) is 50.2 Å². The summed E-state index contributed by atoms with van der Waals surface area (Å²) in [6.45, 7) is 3.04. The van der Waals surface area contributed by atoms with Crippen LogP contribution in [0.1, 0.15) is 43.7 Å². The number of carbonyl (C=O) groups excluding carboxylic acids is 1. The van der Waals surface area contributed by atoms with Crippen LogP contribution in [0, 0.1) is 5.41 Å². The zero-order valence-corrected chi connectivity index (χ0v) is 15.5. The highest BCUT2D eigenvalue weighted by Gasteiger charge is 2.42. The van der Waals surface area contributed by atoms with E-state index in [0.29, 0.717) is 6.61 Å². The molecule has 2 aromatic rings. The van der Waals surface area contributed by atoms with Crippen LogP contribution in [0.2, 0.25) is 0 Å². The van der Waals surface area contributed by atoms with E-state index < -0.39 is 5.41 Å². The second kappa shape index (κ2) is 8.79. The molecule has 0 aliphatic heterocycles. The topological polar surface area (TPSA) is 38.7 Å². The molecule has 1 fully saturated rings. The number of hydrogen-bond donors (Lipinski definition) is 0. The number of nitrogens with zero attached hydrogens (tertiary/aromatic N) is 1. The molecule has 2 aromatic carbocycles. The molecule has 0 bridgehead atoms. The molecular formula is C23H27NO2. The Kier molecular flexibility index (Phi) is 6.21. The van der Waals surface area contributed by atoms with Crippen LogP contribution >= 0.6 is 0 Å². The van der Waals surface area contributed by atoms with Gasteiger partial charge in [0.1, 0.15) is 0 Å². The van der Waals surface area contributed by atoms with Crippen molar-refractivity contribution >= 4 is 11.7 Å². The van der Waals surface area contributed by atoms with Gasteiger partial charge in [-0.1, -0.05) is 60.7 Å². The Morgan fingerprint density at radius 1 is 0.962 bits per heavy atom. The zero-order chi connectivity index (χ0) is 18.2. The maximum atomic E-state index is 12.7. The lowest BCUT2D eigenvalue weighted by Crippen LogP contribution is -2.39. The molecule has 26 heavy (non-hydrogen) atoms. The molecule has 0 radical (unpaired) electrons. The van der Waals surface area contributed by atoms with Crippen LogP contribution in [-0.2, 0) is 22.5 Å². The number of carbonyl (C=O) groups is 1. The summed E-state index contributed by atoms with van der Waals surface area (Å²) in [5.41, 5.74) is 3.24. The predicted octanol–water partition coefficient (Wildman–Crippen LogP) is 4.99. The third kappa shape index (κ3) is 4.60. The quantitative estimate of drug-likeness (QED) is 0.689. The number of esters is 1. The van der Waals surface area contributed by atoms with Crippen molar-refractivity contribution in [3.8, 4) is 0 Å². The van der Waals surface area contributed by atoms with E-state index in [1.165, 1.54) is 16.8 Å². The van der Waals surface area contributed by atoms with Gasteiger partial charge in [-0.3, -0.25) is 9.79 Å². The van der Waals surface area contributed by atoms with Gasteiger partial charge in [-0.2, -0.15) is 0 Å². The molecule has 0 aromatic heterocycles. The van der Waals surface area contributed by atoms with E-state index in [2.05, 4.69) is 24.3 Å². The normalized spacial score (nSPS) is 19.8. The van der Waals surface area contributed by atoms with Crippen LogP contribution in [0.25, 0.3) is 0 Å². The van der Waals surface area contributed by atoms with Crippen molar-refractivity contribution < 1.29 is 9.53 Å². The van der Waals surface area contributed by atoms with Crippen molar-refractivity contribution in [2.45, 2.75) is 45.6 Å². The molecular weight excluding hydrogens is 322 g/mol. The third-order valence-corrected chi connectivity index (χ3v) is 5.21. The van der Waals surface area contributed by atoms with Crippen LogP contribution < -0.4 is 0 Å². The van der Waals surface area contributed by atoms with Gasteiger partial charge in [0.2, 0.25) is 0 Å². The lowest BCUT2D eigenvalue weighted by molar-refractivity contribution is -0.156. The highest BCUT2D eigenvalue weighted by atomic mass is 16.5. The minimum absolute atomic E-state index is 0.0500. The fourth-order valence-corrected chi connectivity index (χ4v) is 3.69. The van der Waals surface area contributed by atoms with Crippen LogP contribution in [0.15, 0.2) is 65.7 Å². The summed E-state index contributed by atoms with van der Waals surface area (Å²) >= 11 is 0. The minimum atomic E-state index is -0.414. The van der Waals surface area contributed by atoms with E-state index in [4.69, 9.17) is 9.73 Å². The van der Waals surface area contributed by atoms with Gasteiger partial charge in [0.25, 0.3) is 0 Å². The Hall–Kier alpha value is -2.42. The molecule has 0 spiro atoms. The fraction of sp³-hybridized carbons (Fsp3) is 0.391. The molecule has 136 valence electrons. The Bertz CT molecular complexity index is 727. The molecule has 3 heteroatoms. The van der Waals surface area contributed by atoms with Gasteiger partial charge in [-0.25, -0.2) is 0 Å². The van der Waals surface area contributed by atoms with E-state index in [0.717, 1.165) is 38.6 Å². The Morgan fingerprint density at radius 3 is 2.12 bits per heavy atom. The lowest BCUT2D eigenvalue weighted by Gasteiger charge is -2.35.